The van der Waals surface area contributed by atoms with Gasteiger partial charge >= 0.3 is 0 Å². The van der Waals surface area contributed by atoms with Gasteiger partial charge in [-0.05, 0) is 25.0 Å². The van der Waals surface area contributed by atoms with Crippen molar-refractivity contribution in [3.05, 3.63) is 30.1 Å². The third-order valence-corrected chi connectivity index (χ3v) is 3.20. The molecule has 2 N–H and O–H groups in total. The monoisotopic (exact) mass is 359 g/mol. The maximum atomic E-state index is 12.1. The number of hydrogen-bond acceptors (Lipinski definition) is 6. The fourth-order valence-corrected chi connectivity index (χ4v) is 2.12. The van der Waals surface area contributed by atoms with Crippen molar-refractivity contribution in [1.29, 1.82) is 5.26 Å². The summed E-state index contributed by atoms with van der Waals surface area (Å²) in [5.74, 6) is -0.271. The molecule has 0 aliphatic carbocycles. The highest BCUT2D eigenvalue weighted by atomic mass is 35.5. The summed E-state index contributed by atoms with van der Waals surface area (Å²) in [7, 11) is 0. The molecule has 1 aromatic heterocycles. The van der Waals surface area contributed by atoms with E-state index in [1.165, 1.54) is 11.1 Å². The number of oxime groups is 1. The van der Waals surface area contributed by atoms with Crippen LogP contribution in [0.3, 0.4) is 0 Å². The minimum Gasteiger partial charge on any atom is -0.394 e. The van der Waals surface area contributed by atoms with E-state index in [4.69, 9.17) is 15.8 Å². The first kappa shape index (κ1) is 21.1. The SMILES string of the molecule is Cl.Cl.N#C[C@@H]1CCCN1C(=O)[C@@H](N)CON=Cc1ccccn1. The smallest absolute Gasteiger partial charge is 0.244 e. The Hall–Kier alpha value is -1.88. The van der Waals surface area contributed by atoms with Gasteiger partial charge in [-0.3, -0.25) is 9.78 Å². The summed E-state index contributed by atoms with van der Waals surface area (Å²) < 4.78 is 0. The van der Waals surface area contributed by atoms with Crippen LogP contribution in [-0.2, 0) is 9.63 Å². The first-order chi connectivity index (χ1) is 10.2. The second-order valence-corrected chi connectivity index (χ2v) is 4.71. The number of hydrogen-bond donors (Lipinski definition) is 1. The fourth-order valence-electron chi connectivity index (χ4n) is 2.12. The highest BCUT2D eigenvalue weighted by Gasteiger charge is 2.31. The highest BCUT2D eigenvalue weighted by Crippen LogP contribution is 2.17. The second kappa shape index (κ2) is 10.8. The number of carbonyl (C=O) groups excluding carboxylic acids is 1. The van der Waals surface area contributed by atoms with Crippen molar-refractivity contribution in [3.63, 3.8) is 0 Å². The molecule has 126 valence electrons. The van der Waals surface area contributed by atoms with E-state index in [1.807, 2.05) is 6.07 Å². The molecule has 7 nitrogen and oxygen atoms in total. The molecule has 1 aromatic rings. The Bertz CT molecular complexity index is 550. The summed E-state index contributed by atoms with van der Waals surface area (Å²) in [6.45, 7) is 0.540. The van der Waals surface area contributed by atoms with Gasteiger partial charge in [-0.25, -0.2) is 0 Å². The van der Waals surface area contributed by atoms with E-state index in [9.17, 15) is 4.79 Å². The predicted octanol–water partition coefficient (Wildman–Crippen LogP) is 1.12. The molecule has 0 spiro atoms. The van der Waals surface area contributed by atoms with Gasteiger partial charge < -0.3 is 15.5 Å². The summed E-state index contributed by atoms with van der Waals surface area (Å²) in [4.78, 5) is 22.7. The van der Waals surface area contributed by atoms with Gasteiger partial charge in [-0.1, -0.05) is 11.2 Å². The molecular formula is C14H19Cl2N5O2. The van der Waals surface area contributed by atoms with Gasteiger partial charge in [0.2, 0.25) is 5.91 Å². The molecule has 0 aromatic carbocycles. The van der Waals surface area contributed by atoms with E-state index in [2.05, 4.69) is 16.2 Å². The molecule has 0 radical (unpaired) electrons. The van der Waals surface area contributed by atoms with Crippen LogP contribution in [0.15, 0.2) is 29.6 Å². The molecule has 1 amide bonds. The standard InChI is InChI=1S/C14H17N5O2.2ClH/c15-8-12-5-3-7-19(12)14(20)13(16)10-21-18-9-11-4-1-2-6-17-11;;/h1-2,4,6,9,12-13H,3,5,7,10,16H2;2*1H/t12-,13-;;/m0../s1. The van der Waals surface area contributed by atoms with Crippen LogP contribution in [0.4, 0.5) is 0 Å². The molecule has 23 heavy (non-hydrogen) atoms. The first-order valence-electron chi connectivity index (χ1n) is 6.74. The van der Waals surface area contributed by atoms with Crippen molar-refractivity contribution in [3.8, 4) is 6.07 Å². The van der Waals surface area contributed by atoms with Gasteiger partial charge in [0, 0.05) is 12.7 Å². The Morgan fingerprint density at radius 3 is 3.04 bits per heavy atom. The molecule has 2 heterocycles. The topological polar surface area (TPSA) is 105 Å². The maximum Gasteiger partial charge on any atom is 0.244 e. The number of carbonyl (C=O) groups is 1. The minimum atomic E-state index is -0.820. The van der Waals surface area contributed by atoms with Gasteiger partial charge in [-0.2, -0.15) is 5.26 Å². The molecule has 1 fully saturated rings. The van der Waals surface area contributed by atoms with Crippen LogP contribution in [0.25, 0.3) is 0 Å². The van der Waals surface area contributed by atoms with Gasteiger partial charge in [0.1, 0.15) is 18.7 Å². The number of pyridine rings is 1. The molecule has 1 aliphatic heterocycles. The Labute approximate surface area is 147 Å². The molecule has 0 unspecified atom stereocenters. The summed E-state index contributed by atoms with van der Waals surface area (Å²) in [6.07, 6.45) is 4.63. The van der Waals surface area contributed by atoms with Crippen molar-refractivity contribution in [2.75, 3.05) is 13.2 Å². The third kappa shape index (κ3) is 6.02. The van der Waals surface area contributed by atoms with Gasteiger partial charge in [0.05, 0.1) is 18.0 Å². The van der Waals surface area contributed by atoms with Crippen molar-refractivity contribution in [2.45, 2.75) is 24.9 Å². The quantitative estimate of drug-likeness (QED) is 0.626. The number of rotatable bonds is 5. The second-order valence-electron chi connectivity index (χ2n) is 4.71. The molecule has 2 atom stereocenters. The lowest BCUT2D eigenvalue weighted by atomic mass is 10.2. The zero-order valence-electron chi connectivity index (χ0n) is 12.4. The van der Waals surface area contributed by atoms with Crippen LogP contribution in [0.1, 0.15) is 18.5 Å². The molecule has 9 heteroatoms. The van der Waals surface area contributed by atoms with Crippen LogP contribution in [-0.4, -0.2) is 47.2 Å². The first-order valence-corrected chi connectivity index (χ1v) is 6.74. The largest absolute Gasteiger partial charge is 0.394 e. The Morgan fingerprint density at radius 2 is 2.39 bits per heavy atom. The lowest BCUT2D eigenvalue weighted by Gasteiger charge is -2.22. The number of nitriles is 1. The number of likely N-dealkylation sites (tertiary alicyclic amines) is 1. The normalized spacial score (nSPS) is 17.7. The van der Waals surface area contributed by atoms with E-state index in [-0.39, 0.29) is 43.4 Å². The average molecular weight is 360 g/mol. The van der Waals surface area contributed by atoms with E-state index in [0.29, 0.717) is 18.7 Å². The molecule has 1 aliphatic rings. The van der Waals surface area contributed by atoms with Crippen molar-refractivity contribution in [1.82, 2.24) is 9.88 Å². The van der Waals surface area contributed by atoms with Crippen LogP contribution in [0.2, 0.25) is 0 Å². The number of nitrogens with zero attached hydrogens (tertiary/aromatic N) is 4. The van der Waals surface area contributed by atoms with Gasteiger partial charge in [0.15, 0.2) is 0 Å². The van der Waals surface area contributed by atoms with Crippen LogP contribution in [0.5, 0.6) is 0 Å². The summed E-state index contributed by atoms with van der Waals surface area (Å²) in [5.41, 5.74) is 6.43. The molecule has 0 bridgehead atoms. The van der Waals surface area contributed by atoms with Crippen molar-refractivity contribution >= 4 is 36.9 Å². The van der Waals surface area contributed by atoms with E-state index >= 15 is 0 Å². The van der Waals surface area contributed by atoms with Gasteiger partial charge in [0.25, 0.3) is 0 Å². The fraction of sp³-hybridized carbons (Fsp3) is 0.429. The summed E-state index contributed by atoms with van der Waals surface area (Å²) in [6, 6.07) is 6.33. The van der Waals surface area contributed by atoms with Crippen LogP contribution >= 0.6 is 24.8 Å². The van der Waals surface area contributed by atoms with E-state index in [0.717, 1.165) is 6.42 Å². The van der Waals surface area contributed by atoms with Crippen molar-refractivity contribution in [2.24, 2.45) is 10.9 Å². The lowest BCUT2D eigenvalue weighted by molar-refractivity contribution is -0.134. The third-order valence-electron chi connectivity index (χ3n) is 3.20. The van der Waals surface area contributed by atoms with E-state index < -0.39 is 6.04 Å². The molecule has 1 saturated heterocycles. The molecule has 2 rings (SSSR count). The Kier molecular flexibility index (Phi) is 9.90. The number of amides is 1. The molecule has 0 saturated carbocycles. The Morgan fingerprint density at radius 1 is 1.61 bits per heavy atom. The lowest BCUT2D eigenvalue weighted by Crippen LogP contribution is -2.47. The van der Waals surface area contributed by atoms with Crippen LogP contribution < -0.4 is 5.73 Å². The number of aromatic nitrogens is 1. The maximum absolute atomic E-state index is 12.1. The van der Waals surface area contributed by atoms with Gasteiger partial charge in [-0.15, -0.1) is 24.8 Å². The van der Waals surface area contributed by atoms with E-state index in [1.54, 1.807) is 18.3 Å². The van der Waals surface area contributed by atoms with Crippen LogP contribution in [0, 0.1) is 11.3 Å². The van der Waals surface area contributed by atoms with Crippen molar-refractivity contribution < 1.29 is 9.63 Å². The minimum absolute atomic E-state index is 0. The number of halogens is 2. The molecular weight excluding hydrogens is 341 g/mol. The summed E-state index contributed by atoms with van der Waals surface area (Å²) >= 11 is 0. The predicted molar refractivity (Wildman–Crippen MR) is 90.6 cm³/mol. The average Bonchev–Trinajstić information content (AvgIpc) is 3.00. The zero-order chi connectivity index (χ0) is 15.1. The summed E-state index contributed by atoms with van der Waals surface area (Å²) in [5, 5.41) is 12.7. The highest BCUT2D eigenvalue weighted by molar-refractivity contribution is 5.85. The number of nitrogens with two attached hydrogens (primary N) is 1. The Balaban J connectivity index is 0.00000242. The zero-order valence-corrected chi connectivity index (χ0v) is 14.0.